The van der Waals surface area contributed by atoms with Crippen LogP contribution >= 0.6 is 0 Å². The van der Waals surface area contributed by atoms with Gasteiger partial charge in [-0.25, -0.2) is 22.7 Å². The van der Waals surface area contributed by atoms with Crippen molar-refractivity contribution < 1.29 is 13.2 Å². The van der Waals surface area contributed by atoms with Gasteiger partial charge in [0.1, 0.15) is 17.4 Å². The molecule has 3 fully saturated rings. The van der Waals surface area contributed by atoms with Gasteiger partial charge in [0.05, 0.1) is 5.75 Å². The van der Waals surface area contributed by atoms with Crippen molar-refractivity contribution in [2.45, 2.75) is 60.3 Å². The summed E-state index contributed by atoms with van der Waals surface area (Å²) in [4.78, 5) is 24.1. The van der Waals surface area contributed by atoms with Crippen molar-refractivity contribution in [3.63, 3.8) is 0 Å². The van der Waals surface area contributed by atoms with Crippen LogP contribution in [0.3, 0.4) is 0 Å². The van der Waals surface area contributed by atoms with Crippen molar-refractivity contribution in [3.05, 3.63) is 17.1 Å². The Bertz CT molecular complexity index is 975. The minimum atomic E-state index is -3.52. The van der Waals surface area contributed by atoms with Gasteiger partial charge < -0.3 is 4.90 Å². The lowest BCUT2D eigenvalue weighted by atomic mass is 9.70. The fourth-order valence-electron chi connectivity index (χ4n) is 5.95. The number of hydrogen-bond donors (Lipinski definition) is 0. The summed E-state index contributed by atoms with van der Waals surface area (Å²) in [6.45, 7) is 12.4. The van der Waals surface area contributed by atoms with Crippen LogP contribution in [0.5, 0.6) is 0 Å². The summed E-state index contributed by atoms with van der Waals surface area (Å²) in [5, 5.41) is 0. The normalized spacial score (nSPS) is 29.4. The van der Waals surface area contributed by atoms with Crippen molar-refractivity contribution in [2.24, 2.45) is 16.7 Å². The highest BCUT2D eigenvalue weighted by Gasteiger charge is 2.65. The Labute approximate surface area is 180 Å². The van der Waals surface area contributed by atoms with Gasteiger partial charge in [-0.3, -0.25) is 4.79 Å². The van der Waals surface area contributed by atoms with E-state index < -0.39 is 15.4 Å². The molecule has 1 aliphatic heterocycles. The Balaban J connectivity index is 1.53. The molecule has 2 unspecified atom stereocenters. The van der Waals surface area contributed by atoms with Gasteiger partial charge in [-0.15, -0.1) is 0 Å². The number of nitrogens with zero attached hydrogens (tertiary/aromatic N) is 4. The first kappa shape index (κ1) is 21.7. The zero-order valence-corrected chi connectivity index (χ0v) is 19.7. The minimum absolute atomic E-state index is 0.0346. The molecule has 1 aromatic rings. The highest BCUT2D eigenvalue weighted by molar-refractivity contribution is 7.89. The number of aromatic nitrogens is 2. The molecular formula is C22H34N4O3S. The van der Waals surface area contributed by atoms with Gasteiger partial charge in [-0.2, -0.15) is 0 Å². The first-order valence-corrected chi connectivity index (χ1v) is 12.7. The molecule has 2 atom stereocenters. The van der Waals surface area contributed by atoms with Crippen molar-refractivity contribution in [1.29, 1.82) is 0 Å². The van der Waals surface area contributed by atoms with E-state index in [0.717, 1.165) is 42.3 Å². The highest BCUT2D eigenvalue weighted by atomic mass is 32.2. The lowest BCUT2D eigenvalue weighted by Crippen LogP contribution is -2.47. The van der Waals surface area contributed by atoms with Crippen LogP contribution in [0.15, 0.2) is 0 Å². The molecule has 1 saturated heterocycles. The summed E-state index contributed by atoms with van der Waals surface area (Å²) in [5.41, 5.74) is 1.07. The van der Waals surface area contributed by atoms with Crippen molar-refractivity contribution in [3.8, 4) is 0 Å². The summed E-state index contributed by atoms with van der Waals surface area (Å²) >= 11 is 0. The quantitative estimate of drug-likeness (QED) is 0.724. The number of carbonyl (C=O) groups is 1. The Kier molecular flexibility index (Phi) is 5.25. The topological polar surface area (TPSA) is 83.5 Å². The first-order valence-electron chi connectivity index (χ1n) is 11.1. The van der Waals surface area contributed by atoms with Gasteiger partial charge in [-0.1, -0.05) is 13.8 Å². The maximum absolute atomic E-state index is 13.5. The number of sulfonamides is 1. The average Bonchev–Trinajstić information content (AvgIpc) is 2.91. The highest BCUT2D eigenvalue weighted by Crippen LogP contribution is 2.64. The van der Waals surface area contributed by atoms with E-state index in [2.05, 4.69) is 28.7 Å². The third-order valence-electron chi connectivity index (χ3n) is 8.19. The smallest absolute Gasteiger partial charge is 0.215 e. The number of rotatable bonds is 4. The monoisotopic (exact) mass is 434 g/mol. The molecule has 3 aliphatic rings. The van der Waals surface area contributed by atoms with E-state index in [1.807, 2.05) is 20.8 Å². The van der Waals surface area contributed by atoms with E-state index in [4.69, 9.17) is 0 Å². The van der Waals surface area contributed by atoms with E-state index in [1.165, 1.54) is 0 Å². The SMILES string of the molecule is Cc1nc(C)c(C)c(N2CCCN(S(=O)(=O)CC34CCC(CC3=O)C4(C)C)CC2)n1. The van der Waals surface area contributed by atoms with Gasteiger partial charge >= 0.3 is 0 Å². The first-order chi connectivity index (χ1) is 14.0. The molecule has 2 bridgehead atoms. The lowest BCUT2D eigenvalue weighted by molar-refractivity contribution is -0.128. The number of ketones is 1. The fourth-order valence-corrected chi connectivity index (χ4v) is 8.20. The maximum Gasteiger partial charge on any atom is 0.215 e. The zero-order valence-electron chi connectivity index (χ0n) is 18.9. The Hall–Kier alpha value is -1.54. The molecule has 0 aromatic carbocycles. The lowest BCUT2D eigenvalue weighted by Gasteiger charge is -2.37. The van der Waals surface area contributed by atoms with Gasteiger partial charge in [0.15, 0.2) is 0 Å². The molecule has 30 heavy (non-hydrogen) atoms. The van der Waals surface area contributed by atoms with E-state index in [-0.39, 0.29) is 17.0 Å². The molecule has 0 radical (unpaired) electrons. The summed E-state index contributed by atoms with van der Waals surface area (Å²) in [6, 6.07) is 0. The second-order valence-corrected chi connectivity index (χ2v) is 11.9. The number of carbonyl (C=O) groups excluding carboxylic acids is 1. The number of aryl methyl sites for hydroxylation is 2. The van der Waals surface area contributed by atoms with Crippen molar-refractivity contribution in [1.82, 2.24) is 14.3 Å². The van der Waals surface area contributed by atoms with Gasteiger partial charge in [-0.05, 0) is 51.4 Å². The van der Waals surface area contributed by atoms with Crippen LogP contribution in [-0.4, -0.2) is 60.4 Å². The molecule has 0 amide bonds. The molecule has 8 heteroatoms. The van der Waals surface area contributed by atoms with E-state index >= 15 is 0 Å². The van der Waals surface area contributed by atoms with Crippen LogP contribution in [0.2, 0.25) is 0 Å². The molecule has 1 aromatic heterocycles. The van der Waals surface area contributed by atoms with Crippen molar-refractivity contribution in [2.75, 3.05) is 36.8 Å². The summed E-state index contributed by atoms with van der Waals surface area (Å²) in [7, 11) is -3.52. The number of Topliss-reactive ketones (excluding diaryl/α,β-unsaturated/α-hetero) is 1. The molecule has 0 spiro atoms. The van der Waals surface area contributed by atoms with Crippen LogP contribution in [0.1, 0.15) is 56.6 Å². The van der Waals surface area contributed by atoms with Gasteiger partial charge in [0.2, 0.25) is 10.0 Å². The Morgan fingerprint density at radius 3 is 2.43 bits per heavy atom. The fraction of sp³-hybridized carbons (Fsp3) is 0.773. The second-order valence-electron chi connectivity index (χ2n) is 9.97. The largest absolute Gasteiger partial charge is 0.355 e. The molecule has 4 rings (SSSR count). The predicted molar refractivity (Wildman–Crippen MR) is 117 cm³/mol. The minimum Gasteiger partial charge on any atom is -0.355 e. The molecular weight excluding hydrogens is 400 g/mol. The summed E-state index contributed by atoms with van der Waals surface area (Å²) < 4.78 is 28.5. The summed E-state index contributed by atoms with van der Waals surface area (Å²) in [5.74, 6) is 2.09. The van der Waals surface area contributed by atoms with Gasteiger partial charge in [0.25, 0.3) is 0 Å². The zero-order chi connectivity index (χ0) is 21.9. The third-order valence-corrected chi connectivity index (χ3v) is 10.2. The van der Waals surface area contributed by atoms with Crippen LogP contribution in [-0.2, 0) is 14.8 Å². The van der Waals surface area contributed by atoms with Crippen LogP contribution < -0.4 is 4.90 Å². The Morgan fingerprint density at radius 2 is 1.80 bits per heavy atom. The standard InChI is InChI=1S/C22H34N4O3S/c1-15-16(2)23-17(3)24-20(15)25-9-6-10-26(12-11-25)30(28,29)14-22-8-7-18(13-19(22)27)21(22,4)5/h18H,6-14H2,1-5H3. The van der Waals surface area contributed by atoms with E-state index in [9.17, 15) is 13.2 Å². The second kappa shape index (κ2) is 7.26. The van der Waals surface area contributed by atoms with Crippen LogP contribution in [0, 0.1) is 37.5 Å². The molecule has 2 saturated carbocycles. The molecule has 0 N–H and O–H groups in total. The average molecular weight is 435 g/mol. The van der Waals surface area contributed by atoms with E-state index in [0.29, 0.717) is 38.4 Å². The molecule has 2 heterocycles. The maximum atomic E-state index is 13.5. The molecule has 7 nitrogen and oxygen atoms in total. The molecule has 2 aliphatic carbocycles. The third kappa shape index (κ3) is 3.27. The van der Waals surface area contributed by atoms with Crippen LogP contribution in [0.25, 0.3) is 0 Å². The van der Waals surface area contributed by atoms with Crippen LogP contribution in [0.4, 0.5) is 5.82 Å². The van der Waals surface area contributed by atoms with Crippen molar-refractivity contribution >= 4 is 21.6 Å². The number of anilines is 1. The predicted octanol–water partition coefficient (Wildman–Crippen LogP) is 2.64. The van der Waals surface area contributed by atoms with Gasteiger partial charge in [0, 0.05) is 49.3 Å². The van der Waals surface area contributed by atoms with E-state index in [1.54, 1.807) is 4.31 Å². The number of fused-ring (bicyclic) bond motifs is 2. The number of hydrogen-bond acceptors (Lipinski definition) is 6. The summed E-state index contributed by atoms with van der Waals surface area (Å²) in [6.07, 6.45) is 2.96. The molecule has 166 valence electrons. The Morgan fingerprint density at radius 1 is 1.07 bits per heavy atom.